The Balaban J connectivity index is 2.20. The van der Waals surface area contributed by atoms with Crippen molar-refractivity contribution in [3.8, 4) is 5.75 Å². The minimum atomic E-state index is -3.53. The van der Waals surface area contributed by atoms with Gasteiger partial charge in [-0.15, -0.1) is 4.83 Å². The number of sulfonamides is 1. The van der Waals surface area contributed by atoms with Crippen LogP contribution >= 0.6 is 0 Å². The van der Waals surface area contributed by atoms with Gasteiger partial charge in [-0.1, -0.05) is 6.42 Å². The van der Waals surface area contributed by atoms with Gasteiger partial charge >= 0.3 is 0 Å². The fourth-order valence-corrected chi connectivity index (χ4v) is 3.63. The van der Waals surface area contributed by atoms with Crippen LogP contribution in [0.5, 0.6) is 5.75 Å². The van der Waals surface area contributed by atoms with Crippen molar-refractivity contribution in [1.29, 1.82) is 0 Å². The summed E-state index contributed by atoms with van der Waals surface area (Å²) in [5.41, 5.74) is 0.821. The van der Waals surface area contributed by atoms with E-state index in [0.29, 0.717) is 12.3 Å². The fourth-order valence-electron chi connectivity index (χ4n) is 2.46. The van der Waals surface area contributed by atoms with Gasteiger partial charge in [0.05, 0.1) is 12.0 Å². The smallest absolute Gasteiger partial charge is 0.253 e. The first-order valence-corrected chi connectivity index (χ1v) is 8.64. The molecule has 0 amide bonds. The molecule has 0 aliphatic carbocycles. The van der Waals surface area contributed by atoms with Gasteiger partial charge in [-0.05, 0) is 38.1 Å². The third kappa shape index (κ3) is 4.16. The number of hydrogen-bond donors (Lipinski definition) is 2. The molecule has 0 atom stereocenters. The number of nitrogens with zero attached hydrogens (tertiary/aromatic N) is 1. The van der Waals surface area contributed by atoms with E-state index < -0.39 is 10.0 Å². The second kappa shape index (κ2) is 7.22. The van der Waals surface area contributed by atoms with E-state index in [0.717, 1.165) is 37.9 Å². The van der Waals surface area contributed by atoms with Crippen LogP contribution in [0.15, 0.2) is 23.1 Å². The van der Waals surface area contributed by atoms with Crippen LogP contribution in [0.1, 0.15) is 24.8 Å². The molecule has 6 nitrogen and oxygen atoms in total. The van der Waals surface area contributed by atoms with E-state index in [-0.39, 0.29) is 4.90 Å². The first-order chi connectivity index (χ1) is 10.1. The van der Waals surface area contributed by atoms with E-state index in [1.165, 1.54) is 0 Å². The molecule has 1 aromatic rings. The van der Waals surface area contributed by atoms with Crippen LogP contribution in [0.2, 0.25) is 0 Å². The van der Waals surface area contributed by atoms with Crippen molar-refractivity contribution in [3.63, 3.8) is 0 Å². The summed E-state index contributed by atoms with van der Waals surface area (Å²) in [6.07, 6.45) is 3.21. The lowest BCUT2D eigenvalue weighted by Crippen LogP contribution is -2.44. The van der Waals surface area contributed by atoms with E-state index in [2.05, 4.69) is 10.1 Å². The molecule has 21 heavy (non-hydrogen) atoms. The van der Waals surface area contributed by atoms with Crippen molar-refractivity contribution in [3.05, 3.63) is 23.8 Å². The largest absolute Gasteiger partial charge is 0.496 e. The number of nitrogens with one attached hydrogen (secondary N) is 2. The van der Waals surface area contributed by atoms with Crippen LogP contribution in [-0.2, 0) is 16.6 Å². The summed E-state index contributed by atoms with van der Waals surface area (Å²) in [5, 5.41) is 4.79. The highest BCUT2D eigenvalue weighted by Crippen LogP contribution is 2.22. The zero-order valence-electron chi connectivity index (χ0n) is 12.6. The lowest BCUT2D eigenvalue weighted by Gasteiger charge is -2.26. The number of hydrogen-bond acceptors (Lipinski definition) is 5. The van der Waals surface area contributed by atoms with Gasteiger partial charge < -0.3 is 10.1 Å². The first kappa shape index (κ1) is 16.2. The molecule has 0 spiro atoms. The van der Waals surface area contributed by atoms with Crippen LogP contribution in [-0.4, -0.2) is 40.7 Å². The van der Waals surface area contributed by atoms with Crippen molar-refractivity contribution >= 4 is 10.0 Å². The quantitative estimate of drug-likeness (QED) is 0.823. The summed E-state index contributed by atoms with van der Waals surface area (Å²) >= 11 is 0. The molecule has 0 radical (unpaired) electrons. The third-order valence-electron chi connectivity index (χ3n) is 3.53. The third-order valence-corrected chi connectivity index (χ3v) is 4.91. The number of methoxy groups -OCH3 is 1. The zero-order valence-corrected chi connectivity index (χ0v) is 13.4. The number of benzene rings is 1. The van der Waals surface area contributed by atoms with Crippen molar-refractivity contribution in [1.82, 2.24) is 15.2 Å². The predicted molar refractivity (Wildman–Crippen MR) is 81.5 cm³/mol. The van der Waals surface area contributed by atoms with Gasteiger partial charge in [0.25, 0.3) is 10.0 Å². The summed E-state index contributed by atoms with van der Waals surface area (Å²) in [6, 6.07) is 4.92. The average molecular weight is 313 g/mol. The number of ether oxygens (including phenoxy) is 1. The number of rotatable bonds is 6. The second-order valence-corrected chi connectivity index (χ2v) is 6.81. The highest BCUT2D eigenvalue weighted by molar-refractivity contribution is 7.89. The molecule has 1 heterocycles. The fraction of sp³-hybridized carbons (Fsp3) is 0.571. The summed E-state index contributed by atoms with van der Waals surface area (Å²) in [6.45, 7) is 2.08. The topological polar surface area (TPSA) is 70.7 Å². The summed E-state index contributed by atoms with van der Waals surface area (Å²) in [5.74, 6) is 0.682. The highest BCUT2D eigenvalue weighted by Gasteiger charge is 2.21. The summed E-state index contributed by atoms with van der Waals surface area (Å²) in [4.78, 5) is 2.93. The van der Waals surface area contributed by atoms with Crippen LogP contribution in [0.3, 0.4) is 0 Å². The van der Waals surface area contributed by atoms with Gasteiger partial charge in [-0.25, -0.2) is 13.4 Å². The van der Waals surface area contributed by atoms with Crippen molar-refractivity contribution in [2.75, 3.05) is 27.2 Å². The van der Waals surface area contributed by atoms with Crippen molar-refractivity contribution < 1.29 is 13.2 Å². The van der Waals surface area contributed by atoms with Crippen molar-refractivity contribution in [2.45, 2.75) is 30.7 Å². The highest BCUT2D eigenvalue weighted by atomic mass is 32.2. The Bertz CT molecular complexity index is 569. The van der Waals surface area contributed by atoms with Gasteiger partial charge in [0.15, 0.2) is 0 Å². The molecule has 1 saturated heterocycles. The summed E-state index contributed by atoms with van der Waals surface area (Å²) in [7, 11) is -0.143. The van der Waals surface area contributed by atoms with Crippen LogP contribution in [0.25, 0.3) is 0 Å². The first-order valence-electron chi connectivity index (χ1n) is 7.16. The standard InChI is InChI=1S/C14H23N3O3S/c1-15-11-12-10-13(6-7-14(12)20-2)21(18,19)16-17-8-4-3-5-9-17/h6-7,10,15-16H,3-5,8-9,11H2,1-2H3. The molecule has 1 fully saturated rings. The maximum atomic E-state index is 12.4. The van der Waals surface area contributed by atoms with Crippen molar-refractivity contribution in [2.24, 2.45) is 0 Å². The Morgan fingerprint density at radius 2 is 1.95 bits per heavy atom. The molecule has 0 saturated carbocycles. The molecule has 2 rings (SSSR count). The number of piperidine rings is 1. The molecular weight excluding hydrogens is 290 g/mol. The second-order valence-electron chi connectivity index (χ2n) is 5.15. The maximum Gasteiger partial charge on any atom is 0.253 e. The van der Waals surface area contributed by atoms with E-state index >= 15 is 0 Å². The molecule has 7 heteroatoms. The van der Waals surface area contributed by atoms with Gasteiger partial charge in [0.2, 0.25) is 0 Å². The van der Waals surface area contributed by atoms with Gasteiger partial charge in [-0.2, -0.15) is 0 Å². The number of hydrazine groups is 1. The van der Waals surface area contributed by atoms with E-state index in [1.807, 2.05) is 7.05 Å². The average Bonchev–Trinajstić information content (AvgIpc) is 2.48. The minimum Gasteiger partial charge on any atom is -0.496 e. The molecule has 1 aliphatic heterocycles. The predicted octanol–water partition coefficient (Wildman–Crippen LogP) is 1.09. The van der Waals surface area contributed by atoms with E-state index in [1.54, 1.807) is 30.3 Å². The van der Waals surface area contributed by atoms with Crippen LogP contribution in [0, 0.1) is 0 Å². The Labute approximate surface area is 126 Å². The minimum absolute atomic E-state index is 0.263. The lowest BCUT2D eigenvalue weighted by atomic mass is 10.2. The molecule has 1 aromatic carbocycles. The van der Waals surface area contributed by atoms with Crippen LogP contribution in [0.4, 0.5) is 0 Å². The Hall–Kier alpha value is -1.15. The summed E-state index contributed by atoms with van der Waals surface area (Å²) < 4.78 is 30.1. The Morgan fingerprint density at radius 1 is 1.24 bits per heavy atom. The van der Waals surface area contributed by atoms with Crippen LogP contribution < -0.4 is 14.9 Å². The lowest BCUT2D eigenvalue weighted by molar-refractivity contribution is 0.200. The monoisotopic (exact) mass is 313 g/mol. The van der Waals surface area contributed by atoms with Gasteiger partial charge in [0, 0.05) is 25.2 Å². The molecule has 0 aromatic heterocycles. The SMILES string of the molecule is CNCc1cc(S(=O)(=O)NN2CCCCC2)ccc1OC. The molecular formula is C14H23N3O3S. The Kier molecular flexibility index (Phi) is 5.58. The molecule has 1 aliphatic rings. The zero-order chi connectivity index (χ0) is 15.3. The van der Waals surface area contributed by atoms with Gasteiger partial charge in [0.1, 0.15) is 5.75 Å². The van der Waals surface area contributed by atoms with E-state index in [9.17, 15) is 8.42 Å². The normalized spacial score (nSPS) is 16.9. The molecule has 118 valence electrons. The molecule has 2 N–H and O–H groups in total. The Morgan fingerprint density at radius 3 is 2.57 bits per heavy atom. The molecule has 0 unspecified atom stereocenters. The molecule has 0 bridgehead atoms. The maximum absolute atomic E-state index is 12.4. The van der Waals surface area contributed by atoms with Gasteiger partial charge in [-0.3, -0.25) is 0 Å². The van der Waals surface area contributed by atoms with E-state index in [4.69, 9.17) is 4.74 Å².